The summed E-state index contributed by atoms with van der Waals surface area (Å²) in [5, 5.41) is 13.9. The number of hydrogen-bond donors (Lipinski definition) is 1. The van der Waals surface area contributed by atoms with Crippen LogP contribution < -0.4 is 4.74 Å². The van der Waals surface area contributed by atoms with Crippen LogP contribution in [0.3, 0.4) is 0 Å². The highest BCUT2D eigenvalue weighted by Gasteiger charge is 2.16. The molecular weight excluding hydrogens is 383 g/mol. The minimum Gasteiger partial charge on any atom is -0.507 e. The van der Waals surface area contributed by atoms with Crippen molar-refractivity contribution < 1.29 is 14.4 Å². The maximum atomic E-state index is 9.91. The predicted molar refractivity (Wildman–Crippen MR) is 86.1 cm³/mol. The monoisotopic (exact) mass is 394 g/mol. The smallest absolute Gasteiger partial charge is 0.262 e. The van der Waals surface area contributed by atoms with Crippen LogP contribution in [0.4, 0.5) is 0 Å². The highest BCUT2D eigenvalue weighted by atomic mass is 127. The number of phenols is 1. The lowest BCUT2D eigenvalue weighted by atomic mass is 10.2. The minimum atomic E-state index is 0.102. The molecule has 0 saturated carbocycles. The number of benzene rings is 2. The molecule has 6 heteroatoms. The largest absolute Gasteiger partial charge is 0.507 e. The molecule has 1 aromatic heterocycles. The van der Waals surface area contributed by atoms with Crippen molar-refractivity contribution in [2.24, 2.45) is 0 Å². The van der Waals surface area contributed by atoms with Gasteiger partial charge in [-0.05, 0) is 52.9 Å². The Labute approximate surface area is 134 Å². The van der Waals surface area contributed by atoms with Crippen molar-refractivity contribution in [3.05, 3.63) is 46.0 Å². The third kappa shape index (κ3) is 2.71. The lowest BCUT2D eigenvalue weighted by molar-refractivity contribution is 0.412. The molecule has 0 amide bonds. The third-order valence-electron chi connectivity index (χ3n) is 2.96. The zero-order valence-corrected chi connectivity index (χ0v) is 13.2. The molecule has 0 bridgehead atoms. The Morgan fingerprint density at radius 1 is 1.14 bits per heavy atom. The molecular formula is C15H11IN2O3. The van der Waals surface area contributed by atoms with E-state index in [9.17, 15) is 5.11 Å². The number of rotatable bonds is 3. The molecule has 3 aromatic rings. The number of aromatic nitrogens is 2. The third-order valence-corrected chi connectivity index (χ3v) is 3.63. The first-order valence-electron chi connectivity index (χ1n) is 6.15. The van der Waals surface area contributed by atoms with E-state index in [1.807, 2.05) is 24.3 Å². The number of phenolic OH excluding ortho intramolecular Hbond substituents is 1. The molecule has 0 aliphatic rings. The van der Waals surface area contributed by atoms with Crippen LogP contribution in [0.25, 0.3) is 22.8 Å². The Morgan fingerprint density at radius 3 is 2.76 bits per heavy atom. The number of aromatic hydroxyl groups is 1. The molecule has 1 N–H and O–H groups in total. The van der Waals surface area contributed by atoms with Gasteiger partial charge in [0.05, 0.1) is 18.2 Å². The molecule has 0 aliphatic heterocycles. The standard InChI is InChI=1S/C15H11IN2O3/c1-20-13-5-3-2-4-10(13)14-17-15(21-18-14)11-8-9(16)6-7-12(11)19/h2-8,19H,1H3. The van der Waals surface area contributed by atoms with E-state index in [4.69, 9.17) is 9.26 Å². The Hall–Kier alpha value is -2.09. The molecule has 21 heavy (non-hydrogen) atoms. The van der Waals surface area contributed by atoms with Crippen molar-refractivity contribution in [2.45, 2.75) is 0 Å². The molecule has 0 aliphatic carbocycles. The molecule has 0 saturated heterocycles. The van der Waals surface area contributed by atoms with E-state index in [-0.39, 0.29) is 11.6 Å². The number of halogens is 1. The lowest BCUT2D eigenvalue weighted by Gasteiger charge is -2.03. The van der Waals surface area contributed by atoms with Gasteiger partial charge in [-0.15, -0.1) is 0 Å². The fourth-order valence-electron chi connectivity index (χ4n) is 1.95. The normalized spacial score (nSPS) is 10.6. The summed E-state index contributed by atoms with van der Waals surface area (Å²) in [5.41, 5.74) is 1.25. The molecule has 0 spiro atoms. The van der Waals surface area contributed by atoms with Gasteiger partial charge in [-0.3, -0.25) is 0 Å². The number of methoxy groups -OCH3 is 1. The molecule has 2 aromatic carbocycles. The Bertz CT molecular complexity index is 786. The number of nitrogens with zero attached hydrogens (tertiary/aromatic N) is 2. The quantitative estimate of drug-likeness (QED) is 0.686. The molecule has 0 fully saturated rings. The van der Waals surface area contributed by atoms with E-state index in [0.29, 0.717) is 17.1 Å². The maximum Gasteiger partial charge on any atom is 0.262 e. The predicted octanol–water partition coefficient (Wildman–Crippen LogP) is 3.72. The highest BCUT2D eigenvalue weighted by molar-refractivity contribution is 14.1. The van der Waals surface area contributed by atoms with Crippen molar-refractivity contribution >= 4 is 22.6 Å². The van der Waals surface area contributed by atoms with Crippen LogP contribution in [-0.4, -0.2) is 22.4 Å². The van der Waals surface area contributed by atoms with Gasteiger partial charge in [0, 0.05) is 3.57 Å². The van der Waals surface area contributed by atoms with Crippen LogP contribution in [-0.2, 0) is 0 Å². The second-order valence-electron chi connectivity index (χ2n) is 4.28. The van der Waals surface area contributed by atoms with Gasteiger partial charge in [0.1, 0.15) is 11.5 Å². The summed E-state index contributed by atoms with van der Waals surface area (Å²) in [6.45, 7) is 0. The van der Waals surface area contributed by atoms with Crippen LogP contribution in [0.15, 0.2) is 47.0 Å². The number of ether oxygens (including phenoxy) is 1. The number of hydrogen-bond acceptors (Lipinski definition) is 5. The minimum absolute atomic E-state index is 0.102. The van der Waals surface area contributed by atoms with Gasteiger partial charge in [-0.1, -0.05) is 17.3 Å². The number of para-hydroxylation sites is 1. The Kier molecular flexibility index (Phi) is 3.78. The summed E-state index contributed by atoms with van der Waals surface area (Å²) >= 11 is 2.16. The summed E-state index contributed by atoms with van der Waals surface area (Å²) in [6.07, 6.45) is 0. The van der Waals surface area contributed by atoms with E-state index in [1.165, 1.54) is 0 Å². The van der Waals surface area contributed by atoms with Crippen LogP contribution in [0.1, 0.15) is 0 Å². The van der Waals surface area contributed by atoms with Gasteiger partial charge in [-0.2, -0.15) is 4.98 Å². The summed E-state index contributed by atoms with van der Waals surface area (Å²) in [7, 11) is 1.59. The fourth-order valence-corrected chi connectivity index (χ4v) is 2.44. The van der Waals surface area contributed by atoms with Crippen molar-refractivity contribution in [2.75, 3.05) is 7.11 Å². The van der Waals surface area contributed by atoms with Gasteiger partial charge in [0.25, 0.3) is 5.89 Å². The molecule has 0 radical (unpaired) electrons. The summed E-state index contributed by atoms with van der Waals surface area (Å²) < 4.78 is 11.5. The average molecular weight is 394 g/mol. The summed E-state index contributed by atoms with van der Waals surface area (Å²) in [5.74, 6) is 1.45. The zero-order valence-electron chi connectivity index (χ0n) is 11.1. The first-order chi connectivity index (χ1) is 10.2. The second kappa shape index (κ2) is 5.72. The average Bonchev–Trinajstić information content (AvgIpc) is 2.99. The van der Waals surface area contributed by atoms with Crippen LogP contribution in [0.2, 0.25) is 0 Å². The van der Waals surface area contributed by atoms with Crippen LogP contribution in [0, 0.1) is 3.57 Å². The summed E-state index contributed by atoms with van der Waals surface area (Å²) in [4.78, 5) is 4.34. The van der Waals surface area contributed by atoms with E-state index in [2.05, 4.69) is 32.7 Å². The Balaban J connectivity index is 2.06. The molecule has 0 atom stereocenters. The second-order valence-corrected chi connectivity index (χ2v) is 5.53. The van der Waals surface area contributed by atoms with Gasteiger partial charge in [0.2, 0.25) is 5.82 Å². The highest BCUT2D eigenvalue weighted by Crippen LogP contribution is 2.33. The fraction of sp³-hybridized carbons (Fsp3) is 0.0667. The van der Waals surface area contributed by atoms with Gasteiger partial charge >= 0.3 is 0 Å². The molecule has 106 valence electrons. The first-order valence-corrected chi connectivity index (χ1v) is 7.23. The van der Waals surface area contributed by atoms with Crippen LogP contribution in [0.5, 0.6) is 11.5 Å². The van der Waals surface area contributed by atoms with Gasteiger partial charge in [0.15, 0.2) is 0 Å². The zero-order chi connectivity index (χ0) is 14.8. The van der Waals surface area contributed by atoms with Crippen molar-refractivity contribution in [1.29, 1.82) is 0 Å². The Morgan fingerprint density at radius 2 is 1.95 bits per heavy atom. The van der Waals surface area contributed by atoms with Crippen molar-refractivity contribution in [1.82, 2.24) is 10.1 Å². The molecule has 3 rings (SSSR count). The molecule has 5 nitrogen and oxygen atoms in total. The lowest BCUT2D eigenvalue weighted by Crippen LogP contribution is -1.88. The molecule has 0 unspecified atom stereocenters. The summed E-state index contributed by atoms with van der Waals surface area (Å²) in [6, 6.07) is 12.6. The van der Waals surface area contributed by atoms with Crippen molar-refractivity contribution in [3.8, 4) is 34.3 Å². The van der Waals surface area contributed by atoms with Crippen molar-refractivity contribution in [3.63, 3.8) is 0 Å². The topological polar surface area (TPSA) is 68.4 Å². The first kappa shape index (κ1) is 13.9. The SMILES string of the molecule is COc1ccccc1-c1noc(-c2cc(I)ccc2O)n1. The van der Waals surface area contributed by atoms with E-state index in [0.717, 1.165) is 9.13 Å². The van der Waals surface area contributed by atoms with E-state index in [1.54, 1.807) is 25.3 Å². The maximum absolute atomic E-state index is 9.91. The van der Waals surface area contributed by atoms with Gasteiger partial charge in [-0.25, -0.2) is 0 Å². The van der Waals surface area contributed by atoms with Gasteiger partial charge < -0.3 is 14.4 Å². The molecule has 1 heterocycles. The van der Waals surface area contributed by atoms with E-state index < -0.39 is 0 Å². The van der Waals surface area contributed by atoms with E-state index >= 15 is 0 Å². The van der Waals surface area contributed by atoms with Crippen LogP contribution >= 0.6 is 22.6 Å².